The first-order chi connectivity index (χ1) is 39.1. The van der Waals surface area contributed by atoms with Crippen LogP contribution in [0.25, 0.3) is 20.9 Å². The first-order valence-corrected chi connectivity index (χ1v) is 27.9. The average molecular weight is 1120 g/mol. The van der Waals surface area contributed by atoms with E-state index in [1.807, 2.05) is 149 Å². The highest BCUT2D eigenvalue weighted by molar-refractivity contribution is 5.81. The molecule has 0 aliphatic carbocycles. The predicted molar refractivity (Wildman–Crippen MR) is 295 cm³/mol. The summed E-state index contributed by atoms with van der Waals surface area (Å²) in [6, 6.07) is 35.6. The van der Waals surface area contributed by atoms with Crippen LogP contribution < -0.4 is 0 Å². The highest BCUT2D eigenvalue weighted by atomic mass is 16.8. The average Bonchev–Trinajstić information content (AvgIpc) is 3.68. The molecule has 436 valence electrons. The van der Waals surface area contributed by atoms with E-state index in [4.69, 9.17) is 52.1 Å². The third-order valence-electron chi connectivity index (χ3n) is 16.3. The molecule has 1 N–H and O–H groups in total. The number of azide groups is 2. The molecule has 4 aromatic carbocycles. The van der Waals surface area contributed by atoms with Crippen LogP contribution >= 0.6 is 0 Å². The fourth-order valence-corrected chi connectivity index (χ4v) is 10.9. The summed E-state index contributed by atoms with van der Waals surface area (Å²) in [5, 5.41) is 20.3. The van der Waals surface area contributed by atoms with Crippen molar-refractivity contribution in [1.29, 1.82) is 0 Å². The van der Waals surface area contributed by atoms with Crippen molar-refractivity contribution in [2.75, 3.05) is 13.3 Å². The highest BCUT2D eigenvalue weighted by Crippen LogP contribution is 2.42. The third-order valence-corrected chi connectivity index (χ3v) is 16.3. The number of nitrogens with zero attached hydrogens (tertiary/aromatic N) is 7. The van der Waals surface area contributed by atoms with Crippen molar-refractivity contribution >= 4 is 11.9 Å². The van der Waals surface area contributed by atoms with Gasteiger partial charge in [0.25, 0.3) is 0 Å². The van der Waals surface area contributed by atoms with Crippen LogP contribution in [0.1, 0.15) is 77.6 Å². The highest BCUT2D eigenvalue weighted by Gasteiger charge is 2.55. The molecule has 0 aromatic heterocycles. The van der Waals surface area contributed by atoms with Crippen molar-refractivity contribution in [1.82, 2.24) is 4.90 Å². The first-order valence-electron chi connectivity index (χ1n) is 27.9. The second kappa shape index (κ2) is 29.3. The lowest BCUT2D eigenvalue weighted by Crippen LogP contribution is -2.65. The van der Waals surface area contributed by atoms with Crippen LogP contribution in [-0.4, -0.2) is 127 Å². The topological polar surface area (TPSA) is 257 Å². The summed E-state index contributed by atoms with van der Waals surface area (Å²) in [6.45, 7) is 15.2. The Bertz CT molecular complexity index is 2690. The number of hydrogen-bond acceptors (Lipinski definition) is 16. The molecule has 0 spiro atoms. The minimum Gasteiger partial charge on any atom is -0.444 e. The lowest BCUT2D eigenvalue weighted by molar-refractivity contribution is -0.369. The second-order valence-electron chi connectivity index (χ2n) is 21.8. The molecule has 81 heavy (non-hydrogen) atoms. The predicted octanol–water partition coefficient (Wildman–Crippen LogP) is 10.2. The number of benzene rings is 4. The molecule has 4 aliphatic rings. The summed E-state index contributed by atoms with van der Waals surface area (Å²) in [5.74, 6) is -1.85. The maximum absolute atomic E-state index is 13.8. The Labute approximate surface area is 473 Å². The molecule has 8 rings (SSSR count). The Morgan fingerprint density at radius 3 is 1.67 bits per heavy atom. The van der Waals surface area contributed by atoms with E-state index in [2.05, 4.69) is 33.9 Å². The number of hydrogen-bond donors (Lipinski definition) is 1. The Hall–Kier alpha value is -6.00. The molecule has 7 unspecified atom stereocenters. The molecular weight excluding hydrogens is 1040 g/mol. The van der Waals surface area contributed by atoms with Gasteiger partial charge in [-0.25, -0.2) is 4.79 Å². The minimum atomic E-state index is -1.44. The van der Waals surface area contributed by atoms with Gasteiger partial charge in [-0.15, -0.1) is 0 Å². The summed E-state index contributed by atoms with van der Waals surface area (Å²) in [5.41, 5.74) is 24.1. The van der Waals surface area contributed by atoms with Gasteiger partial charge in [0.2, 0.25) is 0 Å². The van der Waals surface area contributed by atoms with Crippen molar-refractivity contribution in [3.05, 3.63) is 164 Å². The van der Waals surface area contributed by atoms with Crippen LogP contribution in [-0.2, 0) is 83.3 Å². The van der Waals surface area contributed by atoms with Gasteiger partial charge in [0.05, 0.1) is 50.8 Å². The summed E-state index contributed by atoms with van der Waals surface area (Å²) in [4.78, 5) is 34.7. The number of aliphatic hydroxyl groups excluding tert-OH is 1. The zero-order valence-electron chi connectivity index (χ0n) is 47.2. The number of carbonyl (C=O) groups is 2. The normalized spacial score (nSPS) is 34.0. The molecule has 4 heterocycles. The standard InChI is InChI=1S/C60H77N7O14/c1-35-37(3)53(72-31-45-25-17-11-18-26-45)59(77-47(35)33-71-30-44-23-15-10-16-24-44)80-54-42(8)76-57(49(64-66-62)55(54)81-58-50(69)36(2)38(4)51(78-58)40(6)68)79-52-39(5)41(7)75-56(48(52)63-65-61)74-34-67(29-43-21-13-9-14-22-43)60(70)73-32-46-27-19-12-20-28-46/h9-28,35-39,41-42,47-59,69H,29-34H2,1-8H3/t35-,36-,37-,38-,39+,41?,42-,47?,48?,49?,50?,51?,52-,53?,54+,55+,56+,57-,58-,59-/m0/s1. The zero-order chi connectivity index (χ0) is 57.6. The molecular formula is C60H77N7O14. The van der Waals surface area contributed by atoms with Crippen LogP contribution in [0.3, 0.4) is 0 Å². The second-order valence-corrected chi connectivity index (χ2v) is 21.8. The van der Waals surface area contributed by atoms with Crippen molar-refractivity contribution in [2.45, 2.75) is 174 Å². The van der Waals surface area contributed by atoms with Gasteiger partial charge in [-0.1, -0.05) is 166 Å². The number of carbonyl (C=O) groups excluding carboxylic acids is 2. The first kappa shape index (κ1) is 61.1. The van der Waals surface area contributed by atoms with Gasteiger partial charge in [-0.3, -0.25) is 9.69 Å². The molecule has 21 heteroatoms. The van der Waals surface area contributed by atoms with Gasteiger partial charge in [-0.2, -0.15) is 0 Å². The van der Waals surface area contributed by atoms with E-state index >= 15 is 0 Å². The number of amides is 1. The van der Waals surface area contributed by atoms with Gasteiger partial charge >= 0.3 is 6.09 Å². The third kappa shape index (κ3) is 15.6. The molecule has 20 atom stereocenters. The van der Waals surface area contributed by atoms with E-state index in [9.17, 15) is 25.8 Å². The molecule has 4 saturated heterocycles. The fourth-order valence-electron chi connectivity index (χ4n) is 10.9. The summed E-state index contributed by atoms with van der Waals surface area (Å²) in [6.07, 6.45) is -14.2. The van der Waals surface area contributed by atoms with E-state index in [1.165, 1.54) is 11.8 Å². The van der Waals surface area contributed by atoms with E-state index in [0.29, 0.717) is 6.61 Å². The Morgan fingerprint density at radius 2 is 1.07 bits per heavy atom. The van der Waals surface area contributed by atoms with Crippen molar-refractivity contribution in [2.24, 2.45) is 39.8 Å². The number of ether oxygens (including phenoxy) is 11. The van der Waals surface area contributed by atoms with Crippen LogP contribution in [0.5, 0.6) is 0 Å². The number of aliphatic hydroxyl groups is 1. The summed E-state index contributed by atoms with van der Waals surface area (Å²) in [7, 11) is 0. The van der Waals surface area contributed by atoms with Gasteiger partial charge in [-0.05, 0) is 77.8 Å². The SMILES string of the molecule is CC(=O)C1O[C@@H](O[C@@H]2C(N=[N+]=[N-])[C@H](O[C@@H]3C(N=[N+]=[N-])[C@H](OCN(Cc4ccccc4)C(=O)OCc4ccccc4)OC(C)[C@H]3C)O[C@@H](C)[C@H]2O[C@@H]2OC(COCc3ccccc3)[C@@H](C)[C@H](C)C2OCc2ccccc2)C(O)[C@@H](C)[C@@H]1C. The number of ketones is 1. The molecule has 1 amide bonds. The van der Waals surface area contributed by atoms with Gasteiger partial charge in [0, 0.05) is 15.7 Å². The van der Waals surface area contributed by atoms with Crippen molar-refractivity contribution < 1.29 is 66.8 Å². The number of rotatable bonds is 23. The van der Waals surface area contributed by atoms with Crippen LogP contribution in [0.4, 0.5) is 4.79 Å². The van der Waals surface area contributed by atoms with Crippen molar-refractivity contribution in [3.63, 3.8) is 0 Å². The maximum atomic E-state index is 13.8. The fraction of sp³-hybridized carbons (Fsp3) is 0.567. The van der Waals surface area contributed by atoms with E-state index < -0.39 is 110 Å². The van der Waals surface area contributed by atoms with Gasteiger partial charge < -0.3 is 57.2 Å². The number of Topliss-reactive ketones (excluding diaryl/α,β-unsaturated/α-hetero) is 1. The van der Waals surface area contributed by atoms with E-state index in [-0.39, 0.29) is 56.6 Å². The van der Waals surface area contributed by atoms with Crippen LogP contribution in [0, 0.1) is 29.6 Å². The monoisotopic (exact) mass is 1120 g/mol. The lowest BCUT2D eigenvalue weighted by Gasteiger charge is -2.51. The van der Waals surface area contributed by atoms with Crippen LogP contribution in [0.2, 0.25) is 0 Å². The summed E-state index contributed by atoms with van der Waals surface area (Å²) >= 11 is 0. The largest absolute Gasteiger partial charge is 0.444 e. The van der Waals surface area contributed by atoms with Crippen molar-refractivity contribution in [3.8, 4) is 0 Å². The lowest BCUT2D eigenvalue weighted by atomic mass is 9.82. The molecule has 4 aliphatic heterocycles. The molecule has 4 fully saturated rings. The molecule has 0 bridgehead atoms. The molecule has 21 nitrogen and oxygen atoms in total. The quantitative estimate of drug-likeness (QED) is 0.0314. The minimum absolute atomic E-state index is 0.0139. The molecule has 0 radical (unpaired) electrons. The zero-order valence-corrected chi connectivity index (χ0v) is 47.2. The van der Waals surface area contributed by atoms with Gasteiger partial charge in [0.1, 0.15) is 55.9 Å². The van der Waals surface area contributed by atoms with Crippen LogP contribution in [0.15, 0.2) is 132 Å². The Kier molecular flexibility index (Phi) is 22.1. The Balaban J connectivity index is 1.09. The molecule has 4 aromatic rings. The molecule has 0 saturated carbocycles. The maximum Gasteiger partial charge on any atom is 0.412 e. The summed E-state index contributed by atoms with van der Waals surface area (Å²) < 4.78 is 72.4. The van der Waals surface area contributed by atoms with Gasteiger partial charge in [0.15, 0.2) is 30.9 Å². The van der Waals surface area contributed by atoms with E-state index in [0.717, 1.165) is 22.3 Å². The smallest absolute Gasteiger partial charge is 0.412 e. The Morgan fingerprint density at radius 1 is 0.543 bits per heavy atom. The van der Waals surface area contributed by atoms with E-state index in [1.54, 1.807) is 6.92 Å².